The van der Waals surface area contributed by atoms with Gasteiger partial charge in [0.25, 0.3) is 5.69 Å². The van der Waals surface area contributed by atoms with Crippen LogP contribution >= 0.6 is 0 Å². The van der Waals surface area contributed by atoms with Gasteiger partial charge in [-0.1, -0.05) is 13.0 Å². The Kier molecular flexibility index (Phi) is 4.45. The van der Waals surface area contributed by atoms with Crippen LogP contribution in [0.1, 0.15) is 13.3 Å². The zero-order chi connectivity index (χ0) is 12.8. The van der Waals surface area contributed by atoms with Gasteiger partial charge in [0.15, 0.2) is 0 Å². The third-order valence-corrected chi connectivity index (χ3v) is 2.21. The SMILES string of the molecule is CCCN(C)C(=O)Nc1cccc([N+](=O)[O-])c1. The third kappa shape index (κ3) is 3.75. The van der Waals surface area contributed by atoms with Gasteiger partial charge in [0.05, 0.1) is 4.92 Å². The number of benzene rings is 1. The lowest BCUT2D eigenvalue weighted by Crippen LogP contribution is -2.31. The van der Waals surface area contributed by atoms with Crippen molar-refractivity contribution in [3.63, 3.8) is 0 Å². The van der Waals surface area contributed by atoms with Gasteiger partial charge in [-0.3, -0.25) is 10.1 Å². The van der Waals surface area contributed by atoms with Crippen LogP contribution in [-0.4, -0.2) is 29.4 Å². The summed E-state index contributed by atoms with van der Waals surface area (Å²) in [4.78, 5) is 23.2. The Morgan fingerprint density at radius 2 is 2.24 bits per heavy atom. The molecule has 6 heteroatoms. The molecule has 0 bridgehead atoms. The molecule has 0 fully saturated rings. The number of amides is 2. The Labute approximate surface area is 99.4 Å². The summed E-state index contributed by atoms with van der Waals surface area (Å²) in [5.74, 6) is 0. The predicted octanol–water partition coefficient (Wildman–Crippen LogP) is 2.47. The summed E-state index contributed by atoms with van der Waals surface area (Å²) in [7, 11) is 1.68. The van der Waals surface area contributed by atoms with Crippen molar-refractivity contribution in [2.24, 2.45) is 0 Å². The highest BCUT2D eigenvalue weighted by atomic mass is 16.6. The molecule has 0 spiro atoms. The van der Waals surface area contributed by atoms with Crippen LogP contribution in [-0.2, 0) is 0 Å². The molecule has 0 saturated carbocycles. The molecule has 0 aromatic heterocycles. The van der Waals surface area contributed by atoms with Gasteiger partial charge in [0.1, 0.15) is 0 Å². The minimum Gasteiger partial charge on any atom is -0.328 e. The minimum atomic E-state index is -0.495. The summed E-state index contributed by atoms with van der Waals surface area (Å²) in [5, 5.41) is 13.2. The van der Waals surface area contributed by atoms with Gasteiger partial charge in [0, 0.05) is 31.4 Å². The van der Waals surface area contributed by atoms with E-state index in [9.17, 15) is 14.9 Å². The Morgan fingerprint density at radius 1 is 1.53 bits per heavy atom. The molecule has 1 aromatic carbocycles. The van der Waals surface area contributed by atoms with Crippen LogP contribution in [0.15, 0.2) is 24.3 Å². The highest BCUT2D eigenvalue weighted by Crippen LogP contribution is 2.17. The molecular weight excluding hydrogens is 222 g/mol. The number of hydrogen-bond acceptors (Lipinski definition) is 3. The predicted molar refractivity (Wildman–Crippen MR) is 65.0 cm³/mol. The second-order valence-electron chi connectivity index (χ2n) is 3.66. The van der Waals surface area contributed by atoms with Crippen molar-refractivity contribution in [2.75, 3.05) is 18.9 Å². The first-order chi connectivity index (χ1) is 8.04. The molecule has 2 amide bonds. The van der Waals surface area contributed by atoms with Gasteiger partial charge in [0.2, 0.25) is 0 Å². The number of nitrogens with one attached hydrogen (secondary N) is 1. The van der Waals surface area contributed by atoms with E-state index in [0.717, 1.165) is 6.42 Å². The van der Waals surface area contributed by atoms with Gasteiger partial charge >= 0.3 is 6.03 Å². The lowest BCUT2D eigenvalue weighted by molar-refractivity contribution is -0.384. The molecule has 1 aromatic rings. The Balaban J connectivity index is 2.71. The van der Waals surface area contributed by atoms with E-state index in [1.807, 2.05) is 6.92 Å². The standard InChI is InChI=1S/C11H15N3O3/c1-3-7-13(2)11(15)12-9-5-4-6-10(8-9)14(16)17/h4-6,8H,3,7H2,1-2H3,(H,12,15). The summed E-state index contributed by atoms with van der Waals surface area (Å²) >= 11 is 0. The van der Waals surface area contributed by atoms with Crippen molar-refractivity contribution < 1.29 is 9.72 Å². The lowest BCUT2D eigenvalue weighted by atomic mass is 10.3. The van der Waals surface area contributed by atoms with E-state index in [2.05, 4.69) is 5.32 Å². The average Bonchev–Trinajstić information content (AvgIpc) is 2.29. The monoisotopic (exact) mass is 237 g/mol. The molecule has 0 radical (unpaired) electrons. The van der Waals surface area contributed by atoms with E-state index in [-0.39, 0.29) is 11.7 Å². The van der Waals surface area contributed by atoms with E-state index >= 15 is 0 Å². The number of urea groups is 1. The Bertz CT molecular complexity index is 420. The first-order valence-corrected chi connectivity index (χ1v) is 5.31. The van der Waals surface area contributed by atoms with E-state index in [1.54, 1.807) is 13.1 Å². The molecule has 0 heterocycles. The molecule has 0 aliphatic heterocycles. The fraction of sp³-hybridized carbons (Fsp3) is 0.364. The molecular formula is C11H15N3O3. The van der Waals surface area contributed by atoms with Crippen LogP contribution in [0.5, 0.6) is 0 Å². The molecule has 1 N–H and O–H groups in total. The summed E-state index contributed by atoms with van der Waals surface area (Å²) in [6.45, 7) is 2.61. The minimum absolute atomic E-state index is 0.0408. The van der Waals surface area contributed by atoms with Gasteiger partial charge in [-0.2, -0.15) is 0 Å². The van der Waals surface area contributed by atoms with Gasteiger partial charge in [-0.05, 0) is 12.5 Å². The average molecular weight is 237 g/mol. The topological polar surface area (TPSA) is 75.5 Å². The highest BCUT2D eigenvalue weighted by molar-refractivity contribution is 5.89. The van der Waals surface area contributed by atoms with Crippen molar-refractivity contribution in [3.8, 4) is 0 Å². The van der Waals surface area contributed by atoms with Gasteiger partial charge < -0.3 is 10.2 Å². The zero-order valence-corrected chi connectivity index (χ0v) is 9.84. The number of hydrogen-bond donors (Lipinski definition) is 1. The highest BCUT2D eigenvalue weighted by Gasteiger charge is 2.10. The number of anilines is 1. The lowest BCUT2D eigenvalue weighted by Gasteiger charge is -2.16. The summed E-state index contributed by atoms with van der Waals surface area (Å²) in [6, 6.07) is 5.59. The molecule has 17 heavy (non-hydrogen) atoms. The molecule has 1 rings (SSSR count). The van der Waals surface area contributed by atoms with Crippen molar-refractivity contribution in [1.82, 2.24) is 4.90 Å². The number of nitro benzene ring substituents is 1. The Morgan fingerprint density at radius 3 is 2.82 bits per heavy atom. The quantitative estimate of drug-likeness (QED) is 0.645. The number of carbonyl (C=O) groups is 1. The summed E-state index contributed by atoms with van der Waals surface area (Å²) in [5.41, 5.74) is 0.382. The molecule has 0 aliphatic rings. The van der Waals surface area contributed by atoms with Crippen LogP contribution in [0.2, 0.25) is 0 Å². The normalized spacial score (nSPS) is 9.76. The summed E-state index contributed by atoms with van der Waals surface area (Å²) < 4.78 is 0. The second kappa shape index (κ2) is 5.83. The van der Waals surface area contributed by atoms with E-state index in [4.69, 9.17) is 0 Å². The van der Waals surface area contributed by atoms with E-state index in [1.165, 1.54) is 23.1 Å². The maximum atomic E-state index is 11.6. The fourth-order valence-electron chi connectivity index (χ4n) is 1.35. The first-order valence-electron chi connectivity index (χ1n) is 5.31. The molecule has 92 valence electrons. The fourth-order valence-corrected chi connectivity index (χ4v) is 1.35. The molecule has 0 atom stereocenters. The van der Waals surface area contributed by atoms with Crippen LogP contribution in [0.4, 0.5) is 16.2 Å². The van der Waals surface area contributed by atoms with Crippen molar-refractivity contribution in [1.29, 1.82) is 0 Å². The molecule has 6 nitrogen and oxygen atoms in total. The molecule has 0 unspecified atom stereocenters. The van der Waals surface area contributed by atoms with Crippen LogP contribution in [0.3, 0.4) is 0 Å². The van der Waals surface area contributed by atoms with Crippen LogP contribution in [0.25, 0.3) is 0 Å². The largest absolute Gasteiger partial charge is 0.328 e. The van der Waals surface area contributed by atoms with Crippen molar-refractivity contribution >= 4 is 17.4 Å². The Hall–Kier alpha value is -2.11. The van der Waals surface area contributed by atoms with Crippen molar-refractivity contribution in [3.05, 3.63) is 34.4 Å². The molecule has 0 aliphatic carbocycles. The molecule has 0 saturated heterocycles. The van der Waals surface area contributed by atoms with Crippen LogP contribution in [0, 0.1) is 10.1 Å². The number of nitrogens with zero attached hydrogens (tertiary/aromatic N) is 2. The van der Waals surface area contributed by atoms with E-state index in [0.29, 0.717) is 12.2 Å². The number of non-ortho nitro benzene ring substituents is 1. The van der Waals surface area contributed by atoms with Gasteiger partial charge in [-0.25, -0.2) is 4.79 Å². The number of rotatable bonds is 4. The number of carbonyl (C=O) groups excluding carboxylic acids is 1. The van der Waals surface area contributed by atoms with Crippen molar-refractivity contribution in [2.45, 2.75) is 13.3 Å². The maximum absolute atomic E-state index is 11.6. The van der Waals surface area contributed by atoms with E-state index < -0.39 is 4.92 Å². The maximum Gasteiger partial charge on any atom is 0.321 e. The smallest absolute Gasteiger partial charge is 0.321 e. The summed E-state index contributed by atoms with van der Waals surface area (Å²) in [6.07, 6.45) is 0.860. The van der Waals surface area contributed by atoms with Gasteiger partial charge in [-0.15, -0.1) is 0 Å². The third-order valence-electron chi connectivity index (χ3n) is 2.21. The van der Waals surface area contributed by atoms with Crippen LogP contribution < -0.4 is 5.32 Å². The first kappa shape index (κ1) is 13.0. The number of nitro groups is 1. The second-order valence-corrected chi connectivity index (χ2v) is 3.66. The zero-order valence-electron chi connectivity index (χ0n) is 9.84.